The van der Waals surface area contributed by atoms with Gasteiger partial charge in [0.25, 0.3) is 6.43 Å². The maximum atomic E-state index is 15.0. The van der Waals surface area contributed by atoms with Gasteiger partial charge in [-0.15, -0.1) is 12.4 Å². The first kappa shape index (κ1) is 19.2. The fraction of sp³-hybridized carbons (Fsp3) is 0.750. The molecule has 1 fully saturated rings. The summed E-state index contributed by atoms with van der Waals surface area (Å²) in [6.07, 6.45) is -1.44. The molecule has 2 heterocycles. The number of alkyl halides is 3. The highest BCUT2D eigenvalue weighted by Gasteiger charge is 2.49. The van der Waals surface area contributed by atoms with Gasteiger partial charge in [-0.2, -0.15) is 5.10 Å². The average molecular weight is 362 g/mol. The Hall–Kier alpha value is -0.800. The second-order valence-corrected chi connectivity index (χ2v) is 7.61. The van der Waals surface area contributed by atoms with E-state index in [0.717, 1.165) is 17.8 Å². The van der Waals surface area contributed by atoms with Gasteiger partial charge in [0.2, 0.25) is 14.8 Å². The molecule has 0 aliphatic carbocycles. The molecular formula is C12H19ClF3N3O2S. The molecule has 0 amide bonds. The number of nitrogens with one attached hydrogen (secondary N) is 1. The fourth-order valence-electron chi connectivity index (χ4n) is 2.61. The van der Waals surface area contributed by atoms with Crippen molar-refractivity contribution in [1.82, 2.24) is 15.1 Å². The molecular weight excluding hydrogens is 343 g/mol. The Bertz CT molecular complexity index is 613. The summed E-state index contributed by atoms with van der Waals surface area (Å²) in [6.45, 7) is 1.98. The third kappa shape index (κ3) is 3.26. The minimum Gasteiger partial charge on any atom is -0.317 e. The Morgan fingerprint density at radius 1 is 1.41 bits per heavy atom. The summed E-state index contributed by atoms with van der Waals surface area (Å²) >= 11 is 0. The van der Waals surface area contributed by atoms with Crippen molar-refractivity contribution in [2.75, 3.05) is 13.1 Å². The van der Waals surface area contributed by atoms with Crippen LogP contribution in [0.3, 0.4) is 0 Å². The quantitative estimate of drug-likeness (QED) is 0.893. The summed E-state index contributed by atoms with van der Waals surface area (Å²) in [5.41, 5.74) is -0.893. The normalized spacial score (nSPS) is 19.7. The van der Waals surface area contributed by atoms with Crippen LogP contribution in [0, 0.1) is 5.92 Å². The molecule has 1 aliphatic rings. The van der Waals surface area contributed by atoms with Crippen molar-refractivity contribution in [3.63, 3.8) is 0 Å². The molecule has 1 aliphatic heterocycles. The molecule has 10 heteroatoms. The summed E-state index contributed by atoms with van der Waals surface area (Å²) in [5.74, 6) is -0.727. The molecule has 0 aromatic carbocycles. The van der Waals surface area contributed by atoms with Gasteiger partial charge < -0.3 is 5.32 Å². The number of nitrogens with zero attached hydrogens (tertiary/aromatic N) is 2. The van der Waals surface area contributed by atoms with E-state index in [1.165, 1.54) is 7.05 Å². The second-order valence-electron chi connectivity index (χ2n) is 5.37. The lowest BCUT2D eigenvalue weighted by Gasteiger charge is -2.33. The zero-order valence-electron chi connectivity index (χ0n) is 12.2. The Kier molecular flexibility index (Phi) is 5.91. The number of hydrogen-bond donors (Lipinski definition) is 1. The Labute approximate surface area is 133 Å². The van der Waals surface area contributed by atoms with Crippen LogP contribution >= 0.6 is 12.4 Å². The van der Waals surface area contributed by atoms with E-state index >= 15 is 0 Å². The van der Waals surface area contributed by atoms with Gasteiger partial charge >= 0.3 is 0 Å². The molecule has 1 atom stereocenters. The maximum absolute atomic E-state index is 15.0. The SMILES string of the molecule is Cl.Cn1cc(S(=O)(=O)[C@](C)(F)C2CCNCC2)c(C(F)F)n1. The average Bonchev–Trinajstić information content (AvgIpc) is 2.82. The number of piperidine rings is 1. The Morgan fingerprint density at radius 3 is 2.45 bits per heavy atom. The van der Waals surface area contributed by atoms with E-state index in [1.807, 2.05) is 0 Å². The molecule has 5 nitrogen and oxygen atoms in total. The van der Waals surface area contributed by atoms with Crippen molar-refractivity contribution >= 4 is 22.2 Å². The van der Waals surface area contributed by atoms with E-state index in [0.29, 0.717) is 25.9 Å². The van der Waals surface area contributed by atoms with Crippen molar-refractivity contribution in [2.24, 2.45) is 13.0 Å². The third-order valence-electron chi connectivity index (χ3n) is 3.91. The molecule has 0 spiro atoms. The first-order chi connectivity index (χ1) is 9.68. The van der Waals surface area contributed by atoms with Crippen LogP contribution in [0.15, 0.2) is 11.1 Å². The molecule has 1 saturated heterocycles. The number of aromatic nitrogens is 2. The van der Waals surface area contributed by atoms with Crippen molar-refractivity contribution in [3.8, 4) is 0 Å². The highest BCUT2D eigenvalue weighted by atomic mass is 35.5. The molecule has 128 valence electrons. The Morgan fingerprint density at radius 2 is 1.95 bits per heavy atom. The summed E-state index contributed by atoms with van der Waals surface area (Å²) in [5, 5.41) is 3.86. The van der Waals surface area contributed by atoms with Gasteiger partial charge in [-0.3, -0.25) is 4.68 Å². The number of aryl methyl sites for hydroxylation is 1. The summed E-state index contributed by atoms with van der Waals surface area (Å²) in [7, 11) is -3.23. The third-order valence-corrected chi connectivity index (χ3v) is 6.19. The van der Waals surface area contributed by atoms with Crippen LogP contribution in [0.4, 0.5) is 13.2 Å². The van der Waals surface area contributed by atoms with Crippen LogP contribution in [0.1, 0.15) is 31.9 Å². The fourth-order valence-corrected chi connectivity index (χ4v) is 4.42. The van der Waals surface area contributed by atoms with Gasteiger partial charge in [0, 0.05) is 19.2 Å². The van der Waals surface area contributed by atoms with E-state index in [2.05, 4.69) is 10.4 Å². The molecule has 0 radical (unpaired) electrons. The molecule has 2 rings (SSSR count). The Balaban J connectivity index is 0.00000242. The van der Waals surface area contributed by atoms with Crippen molar-refractivity contribution in [2.45, 2.75) is 36.1 Å². The van der Waals surface area contributed by atoms with Crippen LogP contribution in [0.25, 0.3) is 0 Å². The lowest BCUT2D eigenvalue weighted by atomic mass is 9.93. The van der Waals surface area contributed by atoms with E-state index in [1.54, 1.807) is 0 Å². The van der Waals surface area contributed by atoms with Crippen LogP contribution in [-0.4, -0.2) is 36.3 Å². The van der Waals surface area contributed by atoms with Crippen molar-refractivity contribution in [1.29, 1.82) is 0 Å². The second kappa shape index (κ2) is 6.76. The van der Waals surface area contributed by atoms with Gasteiger partial charge in [0.05, 0.1) is 0 Å². The zero-order valence-corrected chi connectivity index (χ0v) is 13.9. The van der Waals surface area contributed by atoms with Gasteiger partial charge in [-0.1, -0.05) is 0 Å². The standard InChI is InChI=1S/C12H18F3N3O2S.ClH/c1-12(15,8-3-5-16-6-4-8)21(19,20)9-7-18(2)17-10(9)11(13)14;/h7-8,11,16H,3-6H2,1-2H3;1H/t12-;/m0./s1. The highest BCUT2D eigenvalue weighted by molar-refractivity contribution is 7.92. The zero-order chi connectivity index (χ0) is 15.8. The maximum Gasteiger partial charge on any atom is 0.283 e. The van der Waals surface area contributed by atoms with Crippen molar-refractivity contribution < 1.29 is 21.6 Å². The number of sulfone groups is 1. The minimum absolute atomic E-state index is 0. The molecule has 0 unspecified atom stereocenters. The topological polar surface area (TPSA) is 64.0 Å². The van der Waals surface area contributed by atoms with Gasteiger partial charge in [-0.05, 0) is 32.9 Å². The first-order valence-electron chi connectivity index (χ1n) is 6.64. The molecule has 1 aromatic heterocycles. The van der Waals surface area contributed by atoms with Crippen molar-refractivity contribution in [3.05, 3.63) is 11.9 Å². The molecule has 1 aromatic rings. The van der Waals surface area contributed by atoms with Gasteiger partial charge in [-0.25, -0.2) is 21.6 Å². The minimum atomic E-state index is -4.55. The van der Waals surface area contributed by atoms with Crippen LogP contribution in [0.2, 0.25) is 0 Å². The summed E-state index contributed by atoms with van der Waals surface area (Å²) in [6, 6.07) is 0. The highest BCUT2D eigenvalue weighted by Crippen LogP contribution is 2.40. The van der Waals surface area contributed by atoms with Crippen LogP contribution in [0.5, 0.6) is 0 Å². The monoisotopic (exact) mass is 361 g/mol. The molecule has 0 saturated carbocycles. The first-order valence-corrected chi connectivity index (χ1v) is 8.12. The molecule has 0 bridgehead atoms. The van der Waals surface area contributed by atoms with E-state index < -0.39 is 37.8 Å². The largest absolute Gasteiger partial charge is 0.317 e. The smallest absolute Gasteiger partial charge is 0.283 e. The van der Waals surface area contributed by atoms with E-state index in [-0.39, 0.29) is 12.4 Å². The van der Waals surface area contributed by atoms with Gasteiger partial charge in [0.15, 0.2) is 0 Å². The predicted molar refractivity (Wildman–Crippen MR) is 77.7 cm³/mol. The lowest BCUT2D eigenvalue weighted by Crippen LogP contribution is -2.44. The number of halogens is 4. The lowest BCUT2D eigenvalue weighted by molar-refractivity contribution is 0.140. The predicted octanol–water partition coefficient (Wildman–Crippen LogP) is 2.24. The number of hydrogen-bond acceptors (Lipinski definition) is 4. The van der Waals surface area contributed by atoms with Crippen LogP contribution in [-0.2, 0) is 16.9 Å². The van der Waals surface area contributed by atoms with E-state index in [4.69, 9.17) is 0 Å². The van der Waals surface area contributed by atoms with Crippen LogP contribution < -0.4 is 5.32 Å². The number of rotatable bonds is 4. The van der Waals surface area contributed by atoms with E-state index in [9.17, 15) is 21.6 Å². The summed E-state index contributed by atoms with van der Waals surface area (Å²) < 4.78 is 66.8. The van der Waals surface area contributed by atoms with Gasteiger partial charge in [0.1, 0.15) is 10.6 Å². The molecule has 1 N–H and O–H groups in total. The molecule has 22 heavy (non-hydrogen) atoms. The summed E-state index contributed by atoms with van der Waals surface area (Å²) in [4.78, 5) is -0.719.